The van der Waals surface area contributed by atoms with E-state index in [4.69, 9.17) is 4.74 Å². The number of ether oxygens (including phenoxy) is 1. The molecule has 0 aliphatic carbocycles. The van der Waals surface area contributed by atoms with Gasteiger partial charge in [0.05, 0.1) is 0 Å². The standard InChI is InChI=1S/C13H14F3N5O/c14-13(15,16)12-19-18-10-3-4-11(20-21(10)12)22-9-5-7-1-2-8(6-9)17-7/h3-4,7-9,17H,1-2,5-6H2/t7-,8+,9?. The third kappa shape index (κ3) is 2.39. The van der Waals surface area contributed by atoms with E-state index in [0.717, 1.165) is 25.7 Å². The van der Waals surface area contributed by atoms with E-state index < -0.39 is 12.0 Å². The molecule has 118 valence electrons. The van der Waals surface area contributed by atoms with Crippen molar-refractivity contribution in [1.82, 2.24) is 25.1 Å². The highest BCUT2D eigenvalue weighted by Crippen LogP contribution is 2.30. The Morgan fingerprint density at radius 1 is 1.14 bits per heavy atom. The number of rotatable bonds is 2. The number of hydrogen-bond acceptors (Lipinski definition) is 5. The molecule has 2 fully saturated rings. The lowest BCUT2D eigenvalue weighted by molar-refractivity contribution is -0.146. The number of nitrogens with one attached hydrogen (secondary N) is 1. The van der Waals surface area contributed by atoms with Crippen LogP contribution in [0.15, 0.2) is 12.1 Å². The Hall–Kier alpha value is -1.90. The van der Waals surface area contributed by atoms with Gasteiger partial charge in [-0.15, -0.1) is 15.3 Å². The van der Waals surface area contributed by atoms with Gasteiger partial charge in [0.2, 0.25) is 5.88 Å². The number of alkyl halides is 3. The third-order valence-electron chi connectivity index (χ3n) is 4.21. The lowest BCUT2D eigenvalue weighted by atomic mass is 10.0. The highest BCUT2D eigenvalue weighted by atomic mass is 19.4. The molecule has 0 radical (unpaired) electrons. The summed E-state index contributed by atoms with van der Waals surface area (Å²) in [6, 6.07) is 3.84. The van der Waals surface area contributed by atoms with E-state index in [1.807, 2.05) is 0 Å². The molecule has 2 aliphatic rings. The molecule has 9 heteroatoms. The zero-order valence-corrected chi connectivity index (χ0v) is 11.5. The molecule has 3 atom stereocenters. The minimum Gasteiger partial charge on any atom is -0.473 e. The van der Waals surface area contributed by atoms with Crippen LogP contribution in [0.5, 0.6) is 5.88 Å². The Morgan fingerprint density at radius 2 is 1.86 bits per heavy atom. The van der Waals surface area contributed by atoms with Crippen LogP contribution in [0.3, 0.4) is 0 Å². The summed E-state index contributed by atoms with van der Waals surface area (Å²) in [5, 5.41) is 14.0. The van der Waals surface area contributed by atoms with Crippen molar-refractivity contribution in [2.45, 2.75) is 50.0 Å². The summed E-state index contributed by atoms with van der Waals surface area (Å²) in [4.78, 5) is 0. The molecule has 0 saturated carbocycles. The van der Waals surface area contributed by atoms with Crippen molar-refractivity contribution in [2.75, 3.05) is 0 Å². The summed E-state index contributed by atoms with van der Waals surface area (Å²) in [5.74, 6) is -0.970. The van der Waals surface area contributed by atoms with Crippen LogP contribution in [0.25, 0.3) is 5.65 Å². The van der Waals surface area contributed by atoms with Crippen molar-refractivity contribution >= 4 is 5.65 Å². The maximum absolute atomic E-state index is 12.8. The van der Waals surface area contributed by atoms with Crippen LogP contribution in [-0.4, -0.2) is 38.0 Å². The number of halogens is 3. The lowest BCUT2D eigenvalue weighted by Gasteiger charge is -2.29. The van der Waals surface area contributed by atoms with Gasteiger partial charge in [-0.25, -0.2) is 0 Å². The van der Waals surface area contributed by atoms with Crippen molar-refractivity contribution < 1.29 is 17.9 Å². The number of aromatic nitrogens is 4. The zero-order valence-electron chi connectivity index (χ0n) is 11.5. The van der Waals surface area contributed by atoms with Gasteiger partial charge in [-0.05, 0) is 31.7 Å². The van der Waals surface area contributed by atoms with Gasteiger partial charge < -0.3 is 10.1 Å². The average Bonchev–Trinajstić information content (AvgIpc) is 3.01. The number of piperidine rings is 1. The summed E-state index contributed by atoms with van der Waals surface area (Å²) < 4.78 is 45.0. The molecule has 4 rings (SSSR count). The first-order chi connectivity index (χ1) is 10.5. The van der Waals surface area contributed by atoms with E-state index in [1.165, 1.54) is 12.1 Å². The first-order valence-electron chi connectivity index (χ1n) is 7.21. The van der Waals surface area contributed by atoms with Crippen molar-refractivity contribution in [2.24, 2.45) is 0 Å². The summed E-state index contributed by atoms with van der Waals surface area (Å²) >= 11 is 0. The highest BCUT2D eigenvalue weighted by Gasteiger charge is 2.38. The second-order valence-corrected chi connectivity index (χ2v) is 5.81. The van der Waals surface area contributed by atoms with Gasteiger partial charge in [0.25, 0.3) is 5.82 Å². The van der Waals surface area contributed by atoms with Gasteiger partial charge >= 0.3 is 6.18 Å². The Kier molecular flexibility index (Phi) is 3.00. The fourth-order valence-electron chi connectivity index (χ4n) is 3.28. The molecule has 2 saturated heterocycles. The first-order valence-corrected chi connectivity index (χ1v) is 7.21. The van der Waals surface area contributed by atoms with Crippen LogP contribution < -0.4 is 10.1 Å². The second-order valence-electron chi connectivity index (χ2n) is 5.81. The quantitative estimate of drug-likeness (QED) is 0.916. The average molecular weight is 313 g/mol. The van der Waals surface area contributed by atoms with E-state index >= 15 is 0 Å². The van der Waals surface area contributed by atoms with E-state index in [1.54, 1.807) is 0 Å². The Balaban J connectivity index is 1.59. The summed E-state index contributed by atoms with van der Waals surface area (Å²) in [6.45, 7) is 0. The van der Waals surface area contributed by atoms with E-state index in [9.17, 15) is 13.2 Å². The van der Waals surface area contributed by atoms with Gasteiger partial charge in [-0.2, -0.15) is 17.7 Å². The fraction of sp³-hybridized carbons (Fsp3) is 0.615. The molecule has 0 spiro atoms. The monoisotopic (exact) mass is 313 g/mol. The topological polar surface area (TPSA) is 64.3 Å². The van der Waals surface area contributed by atoms with Gasteiger partial charge in [0.1, 0.15) is 6.10 Å². The Bertz CT molecular complexity index is 689. The lowest BCUT2D eigenvalue weighted by Crippen LogP contribution is -2.42. The molecular weight excluding hydrogens is 299 g/mol. The largest absolute Gasteiger partial charge is 0.473 e. The van der Waals surface area contributed by atoms with E-state index in [-0.39, 0.29) is 17.6 Å². The molecule has 22 heavy (non-hydrogen) atoms. The molecule has 2 aromatic heterocycles. The van der Waals surface area contributed by atoms with Crippen LogP contribution in [0, 0.1) is 0 Å². The minimum absolute atomic E-state index is 0.0190. The maximum atomic E-state index is 12.8. The van der Waals surface area contributed by atoms with Gasteiger partial charge in [-0.3, -0.25) is 0 Å². The molecule has 4 heterocycles. The molecule has 6 nitrogen and oxygen atoms in total. The zero-order chi connectivity index (χ0) is 15.3. The second kappa shape index (κ2) is 4.80. The molecule has 2 aliphatic heterocycles. The Morgan fingerprint density at radius 3 is 2.55 bits per heavy atom. The minimum atomic E-state index is -4.60. The predicted molar refractivity (Wildman–Crippen MR) is 69.4 cm³/mol. The van der Waals surface area contributed by atoms with Crippen molar-refractivity contribution in [3.05, 3.63) is 18.0 Å². The van der Waals surface area contributed by atoms with Crippen LogP contribution in [0.2, 0.25) is 0 Å². The summed E-state index contributed by atoms with van der Waals surface area (Å²) in [5.41, 5.74) is 0.0463. The summed E-state index contributed by atoms with van der Waals surface area (Å²) in [7, 11) is 0. The van der Waals surface area contributed by atoms with Crippen LogP contribution in [0.4, 0.5) is 13.2 Å². The molecule has 0 aromatic carbocycles. The highest BCUT2D eigenvalue weighted by molar-refractivity contribution is 5.37. The number of nitrogens with zero attached hydrogens (tertiary/aromatic N) is 4. The number of fused-ring (bicyclic) bond motifs is 3. The van der Waals surface area contributed by atoms with E-state index in [0.29, 0.717) is 16.6 Å². The molecular formula is C13H14F3N5O. The van der Waals surface area contributed by atoms with Gasteiger partial charge in [0.15, 0.2) is 5.65 Å². The van der Waals surface area contributed by atoms with Gasteiger partial charge in [-0.1, -0.05) is 0 Å². The normalized spacial score (nSPS) is 28.2. The third-order valence-corrected chi connectivity index (χ3v) is 4.21. The van der Waals surface area contributed by atoms with Crippen LogP contribution in [-0.2, 0) is 6.18 Å². The molecule has 1 N–H and O–H groups in total. The first kappa shape index (κ1) is 13.7. The molecule has 0 amide bonds. The van der Waals surface area contributed by atoms with Crippen molar-refractivity contribution in [1.29, 1.82) is 0 Å². The van der Waals surface area contributed by atoms with Crippen molar-refractivity contribution in [3.8, 4) is 5.88 Å². The SMILES string of the molecule is FC(F)(F)c1nnc2ccc(OC3C[C@H]4CC[C@@H](C3)N4)nn12. The molecule has 2 aromatic rings. The molecule has 1 unspecified atom stereocenters. The smallest absolute Gasteiger partial charge is 0.453 e. The van der Waals surface area contributed by atoms with Gasteiger partial charge in [0, 0.05) is 18.2 Å². The fourth-order valence-corrected chi connectivity index (χ4v) is 3.28. The summed E-state index contributed by atoms with van der Waals surface area (Å²) in [6.07, 6.45) is -0.663. The maximum Gasteiger partial charge on any atom is 0.453 e. The van der Waals surface area contributed by atoms with Crippen molar-refractivity contribution in [3.63, 3.8) is 0 Å². The Labute approximate surface area is 123 Å². The number of hydrogen-bond donors (Lipinski definition) is 1. The predicted octanol–water partition coefficient (Wildman–Crippen LogP) is 1.80. The van der Waals surface area contributed by atoms with Crippen LogP contribution in [0.1, 0.15) is 31.5 Å². The van der Waals surface area contributed by atoms with E-state index in [2.05, 4.69) is 20.6 Å². The van der Waals surface area contributed by atoms with Crippen LogP contribution >= 0.6 is 0 Å². The molecule has 2 bridgehead atoms.